The number of hydrogen-bond acceptors (Lipinski definition) is 4. The molecule has 0 aliphatic carbocycles. The highest BCUT2D eigenvalue weighted by Crippen LogP contribution is 2.24. The molecule has 4 nitrogen and oxygen atoms in total. The zero-order valence-corrected chi connectivity index (χ0v) is 10.6. The third-order valence-corrected chi connectivity index (χ3v) is 3.51. The summed E-state index contributed by atoms with van der Waals surface area (Å²) in [5.74, 6) is 0.948. The molecule has 6 heteroatoms. The van der Waals surface area contributed by atoms with Crippen molar-refractivity contribution in [2.24, 2.45) is 0 Å². The fraction of sp³-hybridized carbons (Fsp3) is 0.333. The van der Waals surface area contributed by atoms with Crippen LogP contribution < -0.4 is 5.32 Å². The van der Waals surface area contributed by atoms with Gasteiger partial charge in [0.25, 0.3) is 0 Å². The molecule has 80 valence electrons. The fourth-order valence-electron chi connectivity index (χ4n) is 1.30. The van der Waals surface area contributed by atoms with Gasteiger partial charge in [0.05, 0.1) is 6.04 Å². The van der Waals surface area contributed by atoms with Gasteiger partial charge in [0.1, 0.15) is 10.4 Å². The lowest BCUT2D eigenvalue weighted by Gasteiger charge is -2.13. The molecule has 1 atom stereocenters. The number of thiazole rings is 1. The molecule has 2 rings (SSSR count). The molecule has 1 unspecified atom stereocenters. The lowest BCUT2D eigenvalue weighted by atomic mass is 10.2. The van der Waals surface area contributed by atoms with Crippen molar-refractivity contribution in [1.82, 2.24) is 15.0 Å². The van der Waals surface area contributed by atoms with E-state index in [1.807, 2.05) is 11.6 Å². The molecule has 0 aliphatic rings. The predicted octanol–water partition coefficient (Wildman–Crippen LogP) is 3.19. The van der Waals surface area contributed by atoms with Crippen molar-refractivity contribution >= 4 is 32.4 Å². The smallest absolute Gasteiger partial charge is 0.184 e. The maximum Gasteiger partial charge on any atom is 0.184 e. The second kappa shape index (κ2) is 4.76. The van der Waals surface area contributed by atoms with E-state index in [1.54, 1.807) is 17.5 Å². The quantitative estimate of drug-likeness (QED) is 0.908. The molecule has 0 aliphatic heterocycles. The van der Waals surface area contributed by atoms with E-state index in [9.17, 15) is 0 Å². The van der Waals surface area contributed by atoms with Crippen LogP contribution in [0.1, 0.15) is 25.2 Å². The number of rotatable bonds is 4. The molecular formula is C9H11BrN4S. The van der Waals surface area contributed by atoms with Gasteiger partial charge in [0, 0.05) is 17.8 Å². The van der Waals surface area contributed by atoms with E-state index >= 15 is 0 Å². The van der Waals surface area contributed by atoms with E-state index in [4.69, 9.17) is 0 Å². The van der Waals surface area contributed by atoms with Crippen molar-refractivity contribution in [1.29, 1.82) is 0 Å². The first-order valence-electron chi connectivity index (χ1n) is 4.66. The molecule has 2 heterocycles. The van der Waals surface area contributed by atoms with E-state index in [-0.39, 0.29) is 6.04 Å². The maximum atomic E-state index is 4.29. The van der Waals surface area contributed by atoms with Crippen LogP contribution >= 0.6 is 27.3 Å². The molecule has 0 radical (unpaired) electrons. The second-order valence-electron chi connectivity index (χ2n) is 3.05. The average Bonchev–Trinajstić information content (AvgIpc) is 2.85. The fourth-order valence-corrected chi connectivity index (χ4v) is 2.50. The summed E-state index contributed by atoms with van der Waals surface area (Å²) in [5, 5.41) is 6.20. The number of aromatic amines is 1. The van der Waals surface area contributed by atoms with Crippen LogP contribution in [0.15, 0.2) is 22.4 Å². The number of anilines is 1. The van der Waals surface area contributed by atoms with Crippen molar-refractivity contribution in [3.63, 3.8) is 0 Å². The zero-order chi connectivity index (χ0) is 10.7. The molecule has 0 amide bonds. The molecule has 0 saturated carbocycles. The monoisotopic (exact) mass is 286 g/mol. The van der Waals surface area contributed by atoms with Crippen molar-refractivity contribution in [2.75, 3.05) is 5.32 Å². The van der Waals surface area contributed by atoms with Crippen LogP contribution in [0, 0.1) is 0 Å². The summed E-state index contributed by atoms with van der Waals surface area (Å²) < 4.78 is 0.865. The van der Waals surface area contributed by atoms with Gasteiger partial charge in [-0.3, -0.25) is 0 Å². The second-order valence-corrected chi connectivity index (χ2v) is 4.73. The van der Waals surface area contributed by atoms with E-state index < -0.39 is 0 Å². The zero-order valence-electron chi connectivity index (χ0n) is 8.20. The Balaban J connectivity index is 2.09. The van der Waals surface area contributed by atoms with Crippen LogP contribution in [0.25, 0.3) is 0 Å². The highest BCUT2D eigenvalue weighted by atomic mass is 79.9. The minimum absolute atomic E-state index is 0.193. The first-order valence-corrected chi connectivity index (χ1v) is 6.33. The van der Waals surface area contributed by atoms with Crippen molar-refractivity contribution in [3.05, 3.63) is 28.2 Å². The van der Waals surface area contributed by atoms with Gasteiger partial charge in [-0.1, -0.05) is 6.92 Å². The molecule has 0 aromatic carbocycles. The summed E-state index contributed by atoms with van der Waals surface area (Å²) in [5.41, 5.74) is 0. The molecular weight excluding hydrogens is 276 g/mol. The summed E-state index contributed by atoms with van der Waals surface area (Å²) in [4.78, 5) is 11.6. The number of imidazole rings is 1. The van der Waals surface area contributed by atoms with Crippen LogP contribution in [0.2, 0.25) is 0 Å². The summed E-state index contributed by atoms with van der Waals surface area (Å²) in [7, 11) is 0. The Morgan fingerprint density at radius 2 is 2.53 bits per heavy atom. The summed E-state index contributed by atoms with van der Waals surface area (Å²) in [6, 6.07) is 0.193. The van der Waals surface area contributed by atoms with E-state index in [0.717, 1.165) is 22.0 Å². The first kappa shape index (κ1) is 10.6. The van der Waals surface area contributed by atoms with Gasteiger partial charge in [-0.05, 0) is 22.4 Å². The average molecular weight is 287 g/mol. The third-order valence-electron chi connectivity index (χ3n) is 2.03. The Bertz CT molecular complexity index is 411. The first-order chi connectivity index (χ1) is 7.29. The summed E-state index contributed by atoms with van der Waals surface area (Å²) in [6.07, 6.45) is 4.56. The lowest BCUT2D eigenvalue weighted by Crippen LogP contribution is -2.10. The highest BCUT2D eigenvalue weighted by molar-refractivity contribution is 9.10. The number of halogens is 1. The van der Waals surface area contributed by atoms with Crippen molar-refractivity contribution < 1.29 is 0 Å². The molecule has 0 fully saturated rings. The Kier molecular flexibility index (Phi) is 3.37. The molecule has 2 N–H and O–H groups in total. The Hall–Kier alpha value is -0.880. The summed E-state index contributed by atoms with van der Waals surface area (Å²) in [6.45, 7) is 2.11. The van der Waals surface area contributed by atoms with E-state index in [0.29, 0.717) is 0 Å². The summed E-state index contributed by atoms with van der Waals surface area (Å²) >= 11 is 4.91. The van der Waals surface area contributed by atoms with Gasteiger partial charge >= 0.3 is 0 Å². The maximum absolute atomic E-state index is 4.29. The van der Waals surface area contributed by atoms with Crippen LogP contribution in [-0.4, -0.2) is 15.0 Å². The highest BCUT2D eigenvalue weighted by Gasteiger charge is 2.12. The van der Waals surface area contributed by atoms with Crippen LogP contribution in [-0.2, 0) is 0 Å². The van der Waals surface area contributed by atoms with Crippen molar-refractivity contribution in [2.45, 2.75) is 19.4 Å². The van der Waals surface area contributed by atoms with Crippen LogP contribution in [0.4, 0.5) is 5.13 Å². The molecule has 2 aromatic heterocycles. The minimum atomic E-state index is 0.193. The van der Waals surface area contributed by atoms with Crippen LogP contribution in [0.3, 0.4) is 0 Å². The Morgan fingerprint density at radius 1 is 1.67 bits per heavy atom. The number of nitrogens with zero attached hydrogens (tertiary/aromatic N) is 2. The van der Waals surface area contributed by atoms with E-state index in [2.05, 4.69) is 43.1 Å². The molecule has 0 saturated heterocycles. The van der Waals surface area contributed by atoms with Gasteiger partial charge in [-0.15, -0.1) is 11.3 Å². The minimum Gasteiger partial charge on any atom is -0.352 e. The predicted molar refractivity (Wildman–Crippen MR) is 65.1 cm³/mol. The topological polar surface area (TPSA) is 53.6 Å². The normalized spacial score (nSPS) is 12.7. The van der Waals surface area contributed by atoms with Gasteiger partial charge in [0.2, 0.25) is 0 Å². The standard InChI is InChI=1S/C9H11BrN4S/c1-2-6(8-11-3-4-12-8)13-9-14-7(10)5-15-9/h3-6H,2H2,1H3,(H,11,12)(H,13,14). The number of nitrogens with one attached hydrogen (secondary N) is 2. The molecule has 0 bridgehead atoms. The SMILES string of the molecule is CCC(Nc1nc(Br)cs1)c1ncc[nH]1. The van der Waals surface area contributed by atoms with Crippen LogP contribution in [0.5, 0.6) is 0 Å². The van der Waals surface area contributed by atoms with Gasteiger partial charge < -0.3 is 10.3 Å². The van der Waals surface area contributed by atoms with Crippen molar-refractivity contribution in [3.8, 4) is 0 Å². The number of H-pyrrole nitrogens is 1. The Labute approximate surface area is 100 Å². The molecule has 0 spiro atoms. The molecule has 15 heavy (non-hydrogen) atoms. The van der Waals surface area contributed by atoms with E-state index in [1.165, 1.54) is 0 Å². The third kappa shape index (κ3) is 2.57. The van der Waals surface area contributed by atoms with Gasteiger partial charge in [0.15, 0.2) is 5.13 Å². The lowest BCUT2D eigenvalue weighted by molar-refractivity contribution is 0.703. The van der Waals surface area contributed by atoms with Gasteiger partial charge in [-0.25, -0.2) is 9.97 Å². The number of hydrogen-bond donors (Lipinski definition) is 2. The van der Waals surface area contributed by atoms with Gasteiger partial charge in [-0.2, -0.15) is 0 Å². The number of aromatic nitrogens is 3. The largest absolute Gasteiger partial charge is 0.352 e. The Morgan fingerprint density at radius 3 is 3.07 bits per heavy atom. The molecule has 2 aromatic rings.